The fourth-order valence-electron chi connectivity index (χ4n) is 2.75. The molecular weight excluding hydrogens is 356 g/mol. The zero-order valence-corrected chi connectivity index (χ0v) is 16.8. The summed E-state index contributed by atoms with van der Waals surface area (Å²) < 4.78 is 5.55. The van der Waals surface area contributed by atoms with Crippen LogP contribution in [0.2, 0.25) is 0 Å². The van der Waals surface area contributed by atoms with Crippen molar-refractivity contribution in [1.82, 2.24) is 4.90 Å². The molecule has 1 heterocycles. The quantitative estimate of drug-likeness (QED) is 0.630. The highest BCUT2D eigenvalue weighted by molar-refractivity contribution is 8.18. The molecule has 5 heteroatoms. The van der Waals surface area contributed by atoms with Crippen molar-refractivity contribution in [2.75, 3.05) is 13.2 Å². The van der Waals surface area contributed by atoms with Crippen LogP contribution in [-0.4, -0.2) is 29.1 Å². The number of nitrogens with zero attached hydrogens (tertiary/aromatic N) is 2. The first-order valence-electron chi connectivity index (χ1n) is 9.20. The number of rotatable bonds is 6. The minimum absolute atomic E-state index is 0.00882. The zero-order chi connectivity index (χ0) is 19.2. The average molecular weight is 381 g/mol. The molecule has 2 aromatic rings. The molecule has 1 fully saturated rings. The molecule has 0 saturated carbocycles. The second-order valence-electron chi connectivity index (χ2n) is 6.30. The average Bonchev–Trinajstić information content (AvgIpc) is 2.93. The van der Waals surface area contributed by atoms with Crippen LogP contribution in [0.15, 0.2) is 58.4 Å². The highest BCUT2D eigenvalue weighted by Crippen LogP contribution is 2.34. The largest absolute Gasteiger partial charge is 0.494 e. The predicted octanol–water partition coefficient (Wildman–Crippen LogP) is 5.41. The molecule has 0 radical (unpaired) electrons. The second kappa shape index (κ2) is 8.91. The Kier molecular flexibility index (Phi) is 6.35. The van der Waals surface area contributed by atoms with Crippen molar-refractivity contribution >= 4 is 34.6 Å². The van der Waals surface area contributed by atoms with Crippen LogP contribution < -0.4 is 4.74 Å². The van der Waals surface area contributed by atoms with Gasteiger partial charge in [-0.25, -0.2) is 4.99 Å². The van der Waals surface area contributed by atoms with Crippen molar-refractivity contribution in [3.05, 3.63) is 64.6 Å². The Balaban J connectivity index is 1.90. The maximum Gasteiger partial charge on any atom is 0.266 e. The highest BCUT2D eigenvalue weighted by Gasteiger charge is 2.32. The van der Waals surface area contributed by atoms with E-state index in [0.717, 1.165) is 28.6 Å². The molecule has 140 valence electrons. The van der Waals surface area contributed by atoms with Gasteiger partial charge in [0.15, 0.2) is 5.17 Å². The van der Waals surface area contributed by atoms with Crippen molar-refractivity contribution in [2.45, 2.75) is 27.2 Å². The first kappa shape index (κ1) is 19.2. The number of aryl methyl sites for hydroxylation is 1. The third-order valence-corrected chi connectivity index (χ3v) is 5.07. The van der Waals surface area contributed by atoms with Gasteiger partial charge in [-0.1, -0.05) is 36.8 Å². The van der Waals surface area contributed by atoms with Gasteiger partial charge in [0.05, 0.1) is 17.2 Å². The first-order chi connectivity index (χ1) is 13.1. The summed E-state index contributed by atoms with van der Waals surface area (Å²) in [5, 5.41) is 0.734. The van der Waals surface area contributed by atoms with Crippen molar-refractivity contribution in [3.63, 3.8) is 0 Å². The topological polar surface area (TPSA) is 41.9 Å². The summed E-state index contributed by atoms with van der Waals surface area (Å²) in [6.07, 6.45) is 2.79. The lowest BCUT2D eigenvalue weighted by Crippen LogP contribution is -2.29. The Labute approximate surface area is 164 Å². The number of hydrogen-bond acceptors (Lipinski definition) is 4. The molecule has 2 aromatic carbocycles. The van der Waals surface area contributed by atoms with Crippen LogP contribution in [0.1, 0.15) is 31.4 Å². The standard InChI is InChI=1S/C22H24N2O2S/c1-4-13-24-21(25)20(15-17-7-6-8-19(14-17)26-5-2)27-22(24)23-18-11-9-16(3)10-12-18/h6-12,14-15H,4-5,13H2,1-3H3/b20-15+,23-22?. The number of ether oxygens (including phenoxy) is 1. The summed E-state index contributed by atoms with van der Waals surface area (Å²) in [5.41, 5.74) is 3.00. The highest BCUT2D eigenvalue weighted by atomic mass is 32.2. The van der Waals surface area contributed by atoms with Crippen LogP contribution in [0.5, 0.6) is 5.75 Å². The Hall–Kier alpha value is -2.53. The number of amidine groups is 1. The van der Waals surface area contributed by atoms with Gasteiger partial charge >= 0.3 is 0 Å². The molecule has 0 aliphatic carbocycles. The smallest absolute Gasteiger partial charge is 0.266 e. The number of hydrogen-bond donors (Lipinski definition) is 0. The van der Waals surface area contributed by atoms with Gasteiger partial charge in [-0.2, -0.15) is 0 Å². The Morgan fingerprint density at radius 1 is 1.15 bits per heavy atom. The molecule has 27 heavy (non-hydrogen) atoms. The number of aliphatic imine (C=N–C) groups is 1. The molecule has 3 rings (SSSR count). The van der Waals surface area contributed by atoms with E-state index >= 15 is 0 Å². The summed E-state index contributed by atoms with van der Waals surface area (Å²) in [4.78, 5) is 20.0. The van der Waals surface area contributed by atoms with E-state index in [4.69, 9.17) is 9.73 Å². The van der Waals surface area contributed by atoms with E-state index in [1.165, 1.54) is 17.3 Å². The maximum atomic E-state index is 12.9. The van der Waals surface area contributed by atoms with E-state index in [-0.39, 0.29) is 5.91 Å². The molecule has 1 amide bonds. The summed E-state index contributed by atoms with van der Waals surface area (Å²) in [5.74, 6) is 0.816. The molecule has 0 spiro atoms. The molecule has 0 atom stereocenters. The lowest BCUT2D eigenvalue weighted by atomic mass is 10.2. The van der Waals surface area contributed by atoms with Crippen LogP contribution in [-0.2, 0) is 4.79 Å². The van der Waals surface area contributed by atoms with Gasteiger partial charge < -0.3 is 4.74 Å². The van der Waals surface area contributed by atoms with E-state index < -0.39 is 0 Å². The van der Waals surface area contributed by atoms with Crippen molar-refractivity contribution in [2.24, 2.45) is 4.99 Å². The fraction of sp³-hybridized carbons (Fsp3) is 0.273. The molecule has 1 saturated heterocycles. The second-order valence-corrected chi connectivity index (χ2v) is 7.31. The number of carbonyl (C=O) groups is 1. The molecule has 0 bridgehead atoms. The summed E-state index contributed by atoms with van der Waals surface area (Å²) in [6, 6.07) is 15.8. The summed E-state index contributed by atoms with van der Waals surface area (Å²) >= 11 is 1.43. The van der Waals surface area contributed by atoms with Gasteiger partial charge in [-0.3, -0.25) is 9.69 Å². The minimum atomic E-state index is 0.00882. The molecule has 4 nitrogen and oxygen atoms in total. The third-order valence-electron chi connectivity index (χ3n) is 4.06. The Bertz CT molecular complexity index is 872. The Morgan fingerprint density at radius 3 is 2.63 bits per heavy atom. The summed E-state index contributed by atoms with van der Waals surface area (Å²) in [6.45, 7) is 7.34. The van der Waals surface area contributed by atoms with Gasteiger partial charge in [0.1, 0.15) is 5.75 Å². The number of amides is 1. The minimum Gasteiger partial charge on any atom is -0.494 e. The lowest BCUT2D eigenvalue weighted by molar-refractivity contribution is -0.122. The van der Waals surface area contributed by atoms with Crippen molar-refractivity contribution in [3.8, 4) is 5.75 Å². The molecule has 0 aromatic heterocycles. The maximum absolute atomic E-state index is 12.9. The van der Waals surface area contributed by atoms with Crippen molar-refractivity contribution < 1.29 is 9.53 Å². The van der Waals surface area contributed by atoms with Gasteiger partial charge in [0, 0.05) is 6.54 Å². The van der Waals surface area contributed by atoms with E-state index in [0.29, 0.717) is 18.1 Å². The van der Waals surface area contributed by atoms with Crippen LogP contribution in [0, 0.1) is 6.92 Å². The van der Waals surface area contributed by atoms with Crippen molar-refractivity contribution in [1.29, 1.82) is 0 Å². The number of carbonyl (C=O) groups excluding carboxylic acids is 1. The number of benzene rings is 2. The lowest BCUT2D eigenvalue weighted by Gasteiger charge is -2.13. The molecule has 1 aliphatic rings. The van der Waals surface area contributed by atoms with Crippen LogP contribution in [0.3, 0.4) is 0 Å². The van der Waals surface area contributed by atoms with Crippen LogP contribution >= 0.6 is 11.8 Å². The van der Waals surface area contributed by atoms with E-state index in [1.54, 1.807) is 4.90 Å². The van der Waals surface area contributed by atoms with Gasteiger partial charge in [0.2, 0.25) is 0 Å². The molecule has 0 N–H and O–H groups in total. The fourth-order valence-corrected chi connectivity index (χ4v) is 3.78. The Morgan fingerprint density at radius 2 is 1.93 bits per heavy atom. The van der Waals surface area contributed by atoms with Gasteiger partial charge in [0.25, 0.3) is 5.91 Å². The van der Waals surface area contributed by atoms with Crippen LogP contribution in [0.4, 0.5) is 5.69 Å². The van der Waals surface area contributed by atoms with Gasteiger partial charge in [-0.05, 0) is 67.9 Å². The third kappa shape index (κ3) is 4.80. The number of thioether (sulfide) groups is 1. The van der Waals surface area contributed by atoms with Crippen LogP contribution in [0.25, 0.3) is 6.08 Å². The SMILES string of the molecule is CCCN1C(=O)/C(=C\c2cccc(OCC)c2)SC1=Nc1ccc(C)cc1. The molecule has 0 unspecified atom stereocenters. The van der Waals surface area contributed by atoms with E-state index in [2.05, 4.69) is 6.92 Å². The van der Waals surface area contributed by atoms with E-state index in [1.807, 2.05) is 68.5 Å². The molecule has 1 aliphatic heterocycles. The predicted molar refractivity (Wildman–Crippen MR) is 113 cm³/mol. The first-order valence-corrected chi connectivity index (χ1v) is 10.0. The monoisotopic (exact) mass is 380 g/mol. The van der Waals surface area contributed by atoms with E-state index in [9.17, 15) is 4.79 Å². The van der Waals surface area contributed by atoms with Gasteiger partial charge in [-0.15, -0.1) is 0 Å². The summed E-state index contributed by atoms with van der Waals surface area (Å²) in [7, 11) is 0. The zero-order valence-electron chi connectivity index (χ0n) is 15.9. The normalized spacial score (nSPS) is 17.1. The molecular formula is C22H24N2O2S.